The normalized spacial score (nSPS) is 16.9. The highest BCUT2D eigenvalue weighted by Gasteiger charge is 2.14. The van der Waals surface area contributed by atoms with Gasteiger partial charge in [0, 0.05) is 0 Å². The molecule has 0 saturated heterocycles. The third-order valence-electron chi connectivity index (χ3n) is 2.92. The lowest BCUT2D eigenvalue weighted by atomic mass is 10.2. The lowest BCUT2D eigenvalue weighted by molar-refractivity contribution is 0.0456. The van der Waals surface area contributed by atoms with Gasteiger partial charge in [0.15, 0.2) is 0 Å². The molecule has 0 bridgehead atoms. The van der Waals surface area contributed by atoms with Crippen molar-refractivity contribution >= 4 is 0 Å². The molecule has 2 nitrogen and oxygen atoms in total. The van der Waals surface area contributed by atoms with Crippen molar-refractivity contribution in [3.05, 3.63) is 29.8 Å². The maximum Gasteiger partial charge on any atom is 0.119 e. The number of hydrogen-bond donors (Lipinski definition) is 0. The summed E-state index contributed by atoms with van der Waals surface area (Å²) in [5, 5.41) is 0. The summed E-state index contributed by atoms with van der Waals surface area (Å²) in [5.41, 5.74) is 1.20. The van der Waals surface area contributed by atoms with Crippen LogP contribution in [-0.2, 0) is 11.3 Å². The first-order chi connectivity index (χ1) is 7.38. The maximum atomic E-state index is 5.83. The van der Waals surface area contributed by atoms with Gasteiger partial charge in [0.05, 0.1) is 19.8 Å². The number of methoxy groups -OCH3 is 1. The Morgan fingerprint density at radius 3 is 2.80 bits per heavy atom. The van der Waals surface area contributed by atoms with Gasteiger partial charge in [0.25, 0.3) is 0 Å². The summed E-state index contributed by atoms with van der Waals surface area (Å²) < 4.78 is 11.0. The van der Waals surface area contributed by atoms with Crippen LogP contribution >= 0.6 is 0 Å². The molecule has 0 spiro atoms. The van der Waals surface area contributed by atoms with Gasteiger partial charge in [-0.15, -0.1) is 0 Å². The zero-order chi connectivity index (χ0) is 10.5. The van der Waals surface area contributed by atoms with Crippen molar-refractivity contribution in [2.45, 2.75) is 38.4 Å². The molecule has 0 radical (unpaired) electrons. The Kier molecular flexibility index (Phi) is 3.62. The van der Waals surface area contributed by atoms with E-state index < -0.39 is 0 Å². The van der Waals surface area contributed by atoms with E-state index in [1.807, 2.05) is 18.2 Å². The van der Waals surface area contributed by atoms with Gasteiger partial charge in [-0.2, -0.15) is 0 Å². The third kappa shape index (κ3) is 2.96. The van der Waals surface area contributed by atoms with Gasteiger partial charge in [0.2, 0.25) is 0 Å². The predicted octanol–water partition coefficient (Wildman–Crippen LogP) is 3.15. The van der Waals surface area contributed by atoms with Gasteiger partial charge >= 0.3 is 0 Å². The van der Waals surface area contributed by atoms with Crippen LogP contribution in [-0.4, -0.2) is 13.2 Å². The summed E-state index contributed by atoms with van der Waals surface area (Å²) in [4.78, 5) is 0. The monoisotopic (exact) mass is 206 g/mol. The number of hydrogen-bond acceptors (Lipinski definition) is 2. The second-order valence-corrected chi connectivity index (χ2v) is 4.07. The quantitative estimate of drug-likeness (QED) is 0.753. The van der Waals surface area contributed by atoms with E-state index in [1.165, 1.54) is 31.2 Å². The molecule has 0 aromatic heterocycles. The fourth-order valence-electron chi connectivity index (χ4n) is 2.03. The van der Waals surface area contributed by atoms with Gasteiger partial charge in [-0.3, -0.25) is 0 Å². The molecule has 1 aliphatic rings. The molecule has 2 rings (SSSR count). The lowest BCUT2D eigenvalue weighted by Crippen LogP contribution is -2.07. The van der Waals surface area contributed by atoms with Gasteiger partial charge in [-0.05, 0) is 30.5 Å². The Labute approximate surface area is 91.2 Å². The molecule has 0 unspecified atom stereocenters. The van der Waals surface area contributed by atoms with Crippen LogP contribution in [0.1, 0.15) is 31.2 Å². The molecule has 1 aliphatic carbocycles. The van der Waals surface area contributed by atoms with E-state index in [0.29, 0.717) is 12.7 Å². The Morgan fingerprint density at radius 1 is 1.27 bits per heavy atom. The minimum atomic E-state index is 0.483. The van der Waals surface area contributed by atoms with Crippen molar-refractivity contribution in [3.63, 3.8) is 0 Å². The average Bonchev–Trinajstić information content (AvgIpc) is 2.79. The second kappa shape index (κ2) is 5.17. The molecule has 0 heterocycles. The van der Waals surface area contributed by atoms with Crippen LogP contribution in [0, 0.1) is 0 Å². The van der Waals surface area contributed by atoms with Crippen LogP contribution < -0.4 is 4.74 Å². The van der Waals surface area contributed by atoms with Crippen molar-refractivity contribution < 1.29 is 9.47 Å². The molecule has 0 atom stereocenters. The molecule has 0 aliphatic heterocycles. The highest BCUT2D eigenvalue weighted by Crippen LogP contribution is 2.22. The van der Waals surface area contributed by atoms with E-state index in [4.69, 9.17) is 9.47 Å². The van der Waals surface area contributed by atoms with Crippen molar-refractivity contribution in [1.82, 2.24) is 0 Å². The maximum absolute atomic E-state index is 5.83. The van der Waals surface area contributed by atoms with E-state index in [2.05, 4.69) is 6.07 Å². The molecular formula is C13H18O2. The number of rotatable bonds is 4. The van der Waals surface area contributed by atoms with Crippen LogP contribution in [0.25, 0.3) is 0 Å². The van der Waals surface area contributed by atoms with E-state index >= 15 is 0 Å². The number of ether oxygens (including phenoxy) is 2. The average molecular weight is 206 g/mol. The lowest BCUT2D eigenvalue weighted by Gasteiger charge is -2.11. The summed E-state index contributed by atoms with van der Waals surface area (Å²) in [7, 11) is 1.69. The first-order valence-corrected chi connectivity index (χ1v) is 5.63. The van der Waals surface area contributed by atoms with E-state index in [1.54, 1.807) is 7.11 Å². The minimum Gasteiger partial charge on any atom is -0.497 e. The molecule has 1 fully saturated rings. The van der Waals surface area contributed by atoms with Crippen molar-refractivity contribution in [3.8, 4) is 5.75 Å². The van der Waals surface area contributed by atoms with Crippen LogP contribution in [0.4, 0.5) is 0 Å². The molecular weight excluding hydrogens is 188 g/mol. The first kappa shape index (κ1) is 10.5. The molecule has 1 aromatic carbocycles. The third-order valence-corrected chi connectivity index (χ3v) is 2.92. The predicted molar refractivity (Wildman–Crippen MR) is 60.0 cm³/mol. The standard InChI is InChI=1S/C13H18O2/c1-14-13-8-4-5-11(9-13)10-15-12-6-2-3-7-12/h4-5,8-9,12H,2-3,6-7,10H2,1H3. The largest absolute Gasteiger partial charge is 0.497 e. The van der Waals surface area contributed by atoms with Crippen LogP contribution in [0.5, 0.6) is 5.75 Å². The van der Waals surface area contributed by atoms with Gasteiger partial charge in [-0.25, -0.2) is 0 Å². The van der Waals surface area contributed by atoms with Gasteiger partial charge in [-0.1, -0.05) is 25.0 Å². The van der Waals surface area contributed by atoms with E-state index in [-0.39, 0.29) is 0 Å². The molecule has 2 heteroatoms. The van der Waals surface area contributed by atoms with Crippen molar-refractivity contribution in [2.24, 2.45) is 0 Å². The fraction of sp³-hybridized carbons (Fsp3) is 0.538. The highest BCUT2D eigenvalue weighted by atomic mass is 16.5. The zero-order valence-electron chi connectivity index (χ0n) is 9.24. The minimum absolute atomic E-state index is 0.483. The van der Waals surface area contributed by atoms with Crippen LogP contribution in [0.3, 0.4) is 0 Å². The van der Waals surface area contributed by atoms with Crippen LogP contribution in [0.2, 0.25) is 0 Å². The van der Waals surface area contributed by atoms with Crippen molar-refractivity contribution in [2.75, 3.05) is 7.11 Å². The number of benzene rings is 1. The summed E-state index contributed by atoms with van der Waals surface area (Å²) in [6.45, 7) is 0.710. The molecule has 1 saturated carbocycles. The van der Waals surface area contributed by atoms with Crippen LogP contribution in [0.15, 0.2) is 24.3 Å². The summed E-state index contributed by atoms with van der Waals surface area (Å²) in [6.07, 6.45) is 5.58. The molecule has 0 N–H and O–H groups in total. The molecule has 0 amide bonds. The first-order valence-electron chi connectivity index (χ1n) is 5.63. The topological polar surface area (TPSA) is 18.5 Å². The molecule has 1 aromatic rings. The van der Waals surface area contributed by atoms with Crippen molar-refractivity contribution in [1.29, 1.82) is 0 Å². The Balaban J connectivity index is 1.86. The van der Waals surface area contributed by atoms with E-state index in [9.17, 15) is 0 Å². The fourth-order valence-corrected chi connectivity index (χ4v) is 2.03. The second-order valence-electron chi connectivity index (χ2n) is 4.07. The highest BCUT2D eigenvalue weighted by molar-refractivity contribution is 5.27. The summed E-state index contributed by atoms with van der Waals surface area (Å²) in [6, 6.07) is 8.08. The Hall–Kier alpha value is -1.02. The Morgan fingerprint density at radius 2 is 2.07 bits per heavy atom. The Bertz CT molecular complexity index is 303. The van der Waals surface area contributed by atoms with Gasteiger partial charge in [0.1, 0.15) is 5.75 Å². The summed E-state index contributed by atoms with van der Waals surface area (Å²) in [5.74, 6) is 0.905. The zero-order valence-corrected chi connectivity index (χ0v) is 9.24. The van der Waals surface area contributed by atoms with Gasteiger partial charge < -0.3 is 9.47 Å². The smallest absolute Gasteiger partial charge is 0.119 e. The molecule has 82 valence electrons. The molecule has 15 heavy (non-hydrogen) atoms. The summed E-state index contributed by atoms with van der Waals surface area (Å²) >= 11 is 0. The van der Waals surface area contributed by atoms with E-state index in [0.717, 1.165) is 5.75 Å². The SMILES string of the molecule is COc1cccc(COC2CCCC2)c1.